The number of nitrogens with zero attached hydrogens (tertiary/aromatic N) is 5. The van der Waals surface area contributed by atoms with Gasteiger partial charge in [0.2, 0.25) is 11.9 Å². The summed E-state index contributed by atoms with van der Waals surface area (Å²) in [6.07, 6.45) is 6.28. The van der Waals surface area contributed by atoms with Crippen molar-refractivity contribution in [3.05, 3.63) is 79.5 Å². The molecule has 9 nitrogen and oxygen atoms in total. The molecule has 2 aromatic carbocycles. The van der Waals surface area contributed by atoms with Crippen molar-refractivity contribution in [1.82, 2.24) is 19.7 Å². The van der Waals surface area contributed by atoms with Crippen molar-refractivity contribution >= 4 is 40.4 Å². The standard InChI is InChI=1S/C25H25FN8O/c1-5-23(35)29-17-7-6-8-18(12-17)30-24-20(16-9-10-22(33(2)3)21(26)11-16)14-27-25(32-24)31-19-13-28-34(4)15-19/h5-15H,1H2,2-4H3,(H,29,35)(H2,27,30,31,32). The Hall–Kier alpha value is -4.73. The highest BCUT2D eigenvalue weighted by Gasteiger charge is 2.14. The van der Waals surface area contributed by atoms with Gasteiger partial charge in [-0.15, -0.1) is 0 Å². The van der Waals surface area contributed by atoms with Gasteiger partial charge in [0.05, 0.1) is 17.6 Å². The van der Waals surface area contributed by atoms with Gasteiger partial charge in [0.15, 0.2) is 0 Å². The van der Waals surface area contributed by atoms with Gasteiger partial charge in [-0.2, -0.15) is 10.1 Å². The van der Waals surface area contributed by atoms with Crippen molar-refractivity contribution in [2.75, 3.05) is 34.9 Å². The Morgan fingerprint density at radius 1 is 1.09 bits per heavy atom. The number of anilines is 6. The summed E-state index contributed by atoms with van der Waals surface area (Å²) in [7, 11) is 5.38. The molecular weight excluding hydrogens is 447 g/mol. The summed E-state index contributed by atoms with van der Waals surface area (Å²) >= 11 is 0. The van der Waals surface area contributed by atoms with E-state index in [0.29, 0.717) is 40.0 Å². The molecule has 3 N–H and O–H groups in total. The summed E-state index contributed by atoms with van der Waals surface area (Å²) < 4.78 is 16.4. The molecule has 178 valence electrons. The van der Waals surface area contributed by atoms with Crippen molar-refractivity contribution in [3.8, 4) is 11.1 Å². The molecule has 0 saturated heterocycles. The predicted molar refractivity (Wildman–Crippen MR) is 137 cm³/mol. The Balaban J connectivity index is 1.72. The molecule has 0 aliphatic heterocycles. The fourth-order valence-corrected chi connectivity index (χ4v) is 3.41. The van der Waals surface area contributed by atoms with Gasteiger partial charge >= 0.3 is 0 Å². The summed E-state index contributed by atoms with van der Waals surface area (Å²) in [4.78, 5) is 22.5. The molecular formula is C25H25FN8O. The first-order valence-corrected chi connectivity index (χ1v) is 10.7. The first kappa shape index (κ1) is 23.4. The van der Waals surface area contributed by atoms with Crippen LogP contribution in [0.4, 0.5) is 38.9 Å². The Kier molecular flexibility index (Phi) is 6.72. The smallest absolute Gasteiger partial charge is 0.247 e. The quantitative estimate of drug-likeness (QED) is 0.320. The average molecular weight is 473 g/mol. The average Bonchev–Trinajstić information content (AvgIpc) is 3.23. The molecule has 0 fully saturated rings. The van der Waals surface area contributed by atoms with Crippen LogP contribution in [-0.4, -0.2) is 39.8 Å². The highest BCUT2D eigenvalue weighted by Crippen LogP contribution is 2.32. The molecule has 4 rings (SSSR count). The number of amides is 1. The SMILES string of the molecule is C=CC(=O)Nc1cccc(Nc2nc(Nc3cnn(C)c3)ncc2-c2ccc(N(C)C)c(F)c2)c1. The third-order valence-electron chi connectivity index (χ3n) is 5.07. The van der Waals surface area contributed by atoms with E-state index in [1.165, 1.54) is 12.1 Å². The van der Waals surface area contributed by atoms with Crippen LogP contribution in [0, 0.1) is 5.82 Å². The normalized spacial score (nSPS) is 10.5. The molecule has 0 spiro atoms. The third kappa shape index (κ3) is 5.61. The molecule has 0 aliphatic carbocycles. The van der Waals surface area contributed by atoms with Gasteiger partial charge in [0.1, 0.15) is 11.6 Å². The topological polar surface area (TPSA) is 100 Å². The zero-order chi connectivity index (χ0) is 24.9. The predicted octanol–water partition coefficient (Wildman–Crippen LogP) is 4.69. The molecule has 4 aromatic rings. The van der Waals surface area contributed by atoms with E-state index < -0.39 is 0 Å². The van der Waals surface area contributed by atoms with E-state index in [1.807, 2.05) is 19.2 Å². The number of hydrogen-bond acceptors (Lipinski definition) is 7. The van der Waals surface area contributed by atoms with Gasteiger partial charge < -0.3 is 20.9 Å². The van der Waals surface area contributed by atoms with Crippen LogP contribution in [0.15, 0.2) is 73.7 Å². The van der Waals surface area contributed by atoms with E-state index >= 15 is 0 Å². The summed E-state index contributed by atoms with van der Waals surface area (Å²) in [6, 6.07) is 12.1. The summed E-state index contributed by atoms with van der Waals surface area (Å²) in [5.74, 6) is 0.121. The lowest BCUT2D eigenvalue weighted by Gasteiger charge is -2.16. The molecule has 0 bridgehead atoms. The van der Waals surface area contributed by atoms with E-state index in [2.05, 4.69) is 37.6 Å². The number of hydrogen-bond donors (Lipinski definition) is 3. The van der Waals surface area contributed by atoms with Crippen LogP contribution in [0.2, 0.25) is 0 Å². The van der Waals surface area contributed by atoms with Gasteiger partial charge in [-0.05, 0) is 42.0 Å². The lowest BCUT2D eigenvalue weighted by Crippen LogP contribution is -2.10. The number of aryl methyl sites for hydroxylation is 1. The number of carbonyl (C=O) groups excluding carboxylic acids is 1. The molecule has 2 aromatic heterocycles. The van der Waals surface area contributed by atoms with Crippen LogP contribution in [-0.2, 0) is 11.8 Å². The second kappa shape index (κ2) is 10.0. The number of benzene rings is 2. The lowest BCUT2D eigenvalue weighted by atomic mass is 10.1. The molecule has 1 amide bonds. The summed E-state index contributed by atoms with van der Waals surface area (Å²) in [6.45, 7) is 3.47. The Bertz CT molecular complexity index is 1380. The van der Waals surface area contributed by atoms with Gasteiger partial charge in [-0.1, -0.05) is 18.7 Å². The summed E-state index contributed by atoms with van der Waals surface area (Å²) in [5.41, 5.74) is 3.67. The van der Waals surface area contributed by atoms with Crippen LogP contribution in [0.25, 0.3) is 11.1 Å². The fraction of sp³-hybridized carbons (Fsp3) is 0.120. The van der Waals surface area contributed by atoms with Gasteiger partial charge in [-0.3, -0.25) is 9.48 Å². The van der Waals surface area contributed by atoms with Gasteiger partial charge in [0.25, 0.3) is 0 Å². The van der Waals surface area contributed by atoms with Gasteiger partial charge in [0, 0.05) is 50.5 Å². The van der Waals surface area contributed by atoms with Crippen molar-refractivity contribution < 1.29 is 9.18 Å². The molecule has 0 radical (unpaired) electrons. The van der Waals surface area contributed by atoms with Crippen molar-refractivity contribution in [1.29, 1.82) is 0 Å². The van der Waals surface area contributed by atoms with E-state index in [1.54, 1.807) is 66.5 Å². The number of rotatable bonds is 8. The zero-order valence-electron chi connectivity index (χ0n) is 19.6. The van der Waals surface area contributed by atoms with Crippen LogP contribution in [0.1, 0.15) is 0 Å². The molecule has 10 heteroatoms. The Morgan fingerprint density at radius 3 is 2.57 bits per heavy atom. The second-order valence-electron chi connectivity index (χ2n) is 7.94. The van der Waals surface area contributed by atoms with Crippen LogP contribution in [0.3, 0.4) is 0 Å². The number of nitrogens with one attached hydrogen (secondary N) is 3. The number of halogens is 1. The van der Waals surface area contributed by atoms with Crippen molar-refractivity contribution in [3.63, 3.8) is 0 Å². The monoisotopic (exact) mass is 472 g/mol. The third-order valence-corrected chi connectivity index (χ3v) is 5.07. The molecule has 0 atom stereocenters. The molecule has 2 heterocycles. The van der Waals surface area contributed by atoms with E-state index in [-0.39, 0.29) is 11.7 Å². The maximum atomic E-state index is 14.7. The summed E-state index contributed by atoms with van der Waals surface area (Å²) in [5, 5.41) is 13.3. The first-order valence-electron chi connectivity index (χ1n) is 10.7. The molecule has 0 aliphatic rings. The Labute approximate surface area is 202 Å². The molecule has 35 heavy (non-hydrogen) atoms. The zero-order valence-corrected chi connectivity index (χ0v) is 19.6. The van der Waals surface area contributed by atoms with E-state index in [9.17, 15) is 9.18 Å². The number of carbonyl (C=O) groups is 1. The Morgan fingerprint density at radius 2 is 1.89 bits per heavy atom. The fourth-order valence-electron chi connectivity index (χ4n) is 3.41. The van der Waals surface area contributed by atoms with Crippen molar-refractivity contribution in [2.45, 2.75) is 0 Å². The molecule has 0 unspecified atom stereocenters. The van der Waals surface area contributed by atoms with Gasteiger partial charge in [-0.25, -0.2) is 9.37 Å². The second-order valence-corrected chi connectivity index (χ2v) is 7.94. The van der Waals surface area contributed by atoms with Crippen LogP contribution >= 0.6 is 0 Å². The van der Waals surface area contributed by atoms with Crippen LogP contribution < -0.4 is 20.9 Å². The molecule has 0 saturated carbocycles. The minimum absolute atomic E-state index is 0.315. The number of aromatic nitrogens is 4. The van der Waals surface area contributed by atoms with E-state index in [0.717, 1.165) is 5.69 Å². The maximum Gasteiger partial charge on any atom is 0.247 e. The highest BCUT2D eigenvalue weighted by atomic mass is 19.1. The lowest BCUT2D eigenvalue weighted by molar-refractivity contribution is -0.111. The first-order chi connectivity index (χ1) is 16.8. The minimum atomic E-state index is -0.356. The largest absolute Gasteiger partial charge is 0.375 e. The highest BCUT2D eigenvalue weighted by molar-refractivity contribution is 5.99. The van der Waals surface area contributed by atoms with Crippen molar-refractivity contribution in [2.24, 2.45) is 7.05 Å². The van der Waals surface area contributed by atoms with E-state index in [4.69, 9.17) is 0 Å². The minimum Gasteiger partial charge on any atom is -0.375 e. The maximum absolute atomic E-state index is 14.7. The van der Waals surface area contributed by atoms with Crippen LogP contribution in [0.5, 0.6) is 0 Å².